The molecule has 0 aromatic heterocycles. The molecule has 11 heavy (non-hydrogen) atoms. The molecular formula is C2H4O6P2Si+2. The molecule has 0 bridgehead atoms. The molecule has 2 radical (unpaired) electrons. The second kappa shape index (κ2) is 4.32. The monoisotopic (exact) mass is 214 g/mol. The summed E-state index contributed by atoms with van der Waals surface area (Å²) in [7, 11) is -4.62. The van der Waals surface area contributed by atoms with Gasteiger partial charge < -0.3 is 4.43 Å². The fourth-order valence-electron chi connectivity index (χ4n) is 0.392. The zero-order valence-electron chi connectivity index (χ0n) is 5.42. The van der Waals surface area contributed by atoms with Crippen LogP contribution in [0, 0.1) is 0 Å². The van der Waals surface area contributed by atoms with Crippen molar-refractivity contribution >= 4 is 26.3 Å². The molecule has 0 saturated carbocycles. The van der Waals surface area contributed by atoms with Crippen LogP contribution in [0.15, 0.2) is 0 Å². The van der Waals surface area contributed by atoms with E-state index in [1.54, 1.807) is 6.55 Å². The van der Waals surface area contributed by atoms with Gasteiger partial charge >= 0.3 is 23.0 Å². The highest BCUT2D eigenvalue weighted by Gasteiger charge is 2.52. The van der Waals surface area contributed by atoms with Crippen molar-refractivity contribution < 1.29 is 26.9 Å². The van der Waals surface area contributed by atoms with Gasteiger partial charge in [-0.05, 0) is 15.6 Å². The van der Waals surface area contributed by atoms with Crippen LogP contribution in [-0.4, -0.2) is 16.2 Å². The Kier molecular flexibility index (Phi) is 3.67. The first-order valence-electron chi connectivity index (χ1n) is 2.51. The number of rotatable bonds is 2. The summed E-state index contributed by atoms with van der Waals surface area (Å²) < 4.78 is 38.9. The zero-order chi connectivity index (χ0) is 8.27. The first kappa shape index (κ1) is 9.35. The average molecular weight is 214 g/mol. The SMILES string of the molecule is C[Si]OC1O[P+](=O)O[P+](=O)O1. The van der Waals surface area contributed by atoms with Gasteiger partial charge in [0.2, 0.25) is 9.76 Å². The van der Waals surface area contributed by atoms with Crippen molar-refractivity contribution in [3.8, 4) is 0 Å². The molecule has 0 N–H and O–H groups in total. The van der Waals surface area contributed by atoms with Gasteiger partial charge in [-0.15, -0.1) is 0 Å². The van der Waals surface area contributed by atoms with Crippen LogP contribution >= 0.6 is 16.5 Å². The van der Waals surface area contributed by atoms with E-state index >= 15 is 0 Å². The lowest BCUT2D eigenvalue weighted by atomic mass is 11.4. The molecule has 0 amide bonds. The summed E-state index contributed by atoms with van der Waals surface area (Å²) in [4.78, 5) is 0. The Balaban J connectivity index is 2.43. The molecule has 1 aliphatic rings. The third-order valence-corrected chi connectivity index (χ3v) is 2.88. The minimum atomic E-state index is -2.36. The molecule has 0 aliphatic carbocycles. The Labute approximate surface area is 67.0 Å². The van der Waals surface area contributed by atoms with Crippen molar-refractivity contribution in [3.05, 3.63) is 0 Å². The summed E-state index contributed by atoms with van der Waals surface area (Å²) in [6.07, 6.45) is 0. The smallest absolute Gasteiger partial charge is 0.366 e. The van der Waals surface area contributed by atoms with E-state index in [0.717, 1.165) is 0 Å². The van der Waals surface area contributed by atoms with E-state index in [0.29, 0.717) is 0 Å². The van der Waals surface area contributed by atoms with Crippen LogP contribution in [0.5, 0.6) is 0 Å². The molecule has 6 nitrogen and oxygen atoms in total. The van der Waals surface area contributed by atoms with Gasteiger partial charge in [-0.1, -0.05) is 0 Å². The van der Waals surface area contributed by atoms with Crippen LogP contribution in [0.1, 0.15) is 0 Å². The van der Waals surface area contributed by atoms with E-state index < -0.39 is 23.0 Å². The summed E-state index contributed by atoms with van der Waals surface area (Å²) in [5.41, 5.74) is 0. The van der Waals surface area contributed by atoms with Crippen molar-refractivity contribution in [3.63, 3.8) is 0 Å². The van der Waals surface area contributed by atoms with Crippen molar-refractivity contribution in [1.82, 2.24) is 0 Å². The molecule has 1 heterocycles. The highest BCUT2D eigenvalue weighted by Crippen LogP contribution is 2.47. The van der Waals surface area contributed by atoms with Crippen molar-refractivity contribution in [2.45, 2.75) is 13.0 Å². The molecule has 1 saturated heterocycles. The summed E-state index contributed by atoms with van der Waals surface area (Å²) in [6, 6.07) is 0. The molecule has 0 aromatic carbocycles. The highest BCUT2D eigenvalue weighted by atomic mass is 31.2. The Morgan fingerprint density at radius 2 is 1.91 bits per heavy atom. The van der Waals surface area contributed by atoms with Crippen LogP contribution in [-0.2, 0) is 26.9 Å². The lowest BCUT2D eigenvalue weighted by Gasteiger charge is -2.02. The summed E-state index contributed by atoms with van der Waals surface area (Å²) in [6.45, 7) is 0.599. The first-order valence-corrected chi connectivity index (χ1v) is 6.11. The summed E-state index contributed by atoms with van der Waals surface area (Å²) in [5, 5.41) is 0. The largest absolute Gasteiger partial charge is 0.753 e. The Bertz CT molecular complexity index is 167. The molecule has 60 valence electrons. The van der Waals surface area contributed by atoms with Crippen LogP contribution < -0.4 is 0 Å². The van der Waals surface area contributed by atoms with Gasteiger partial charge in [-0.3, -0.25) is 0 Å². The molecule has 2 atom stereocenters. The number of hydrogen-bond acceptors (Lipinski definition) is 6. The van der Waals surface area contributed by atoms with E-state index in [9.17, 15) is 9.13 Å². The first-order chi connectivity index (χ1) is 5.22. The topological polar surface area (TPSA) is 71.1 Å². The van der Waals surface area contributed by atoms with E-state index in [1.807, 2.05) is 0 Å². The van der Waals surface area contributed by atoms with Gasteiger partial charge in [-0.25, -0.2) is 0 Å². The number of hydrogen-bond donors (Lipinski definition) is 0. The maximum absolute atomic E-state index is 10.5. The predicted octanol–water partition coefficient (Wildman–Crippen LogP) is 1.33. The van der Waals surface area contributed by atoms with Gasteiger partial charge in [-0.2, -0.15) is 0 Å². The molecule has 2 unspecified atom stereocenters. The molecule has 0 spiro atoms. The van der Waals surface area contributed by atoms with Gasteiger partial charge in [0, 0.05) is 9.13 Å². The molecule has 1 aliphatic heterocycles. The molecule has 9 heteroatoms. The predicted molar refractivity (Wildman–Crippen MR) is 35.0 cm³/mol. The standard InChI is InChI=1S/C2H4O6P2Si/c1-11-7-2-5-9(3)8-10(4)6-2/h2H,1H3/q+2. The van der Waals surface area contributed by atoms with E-state index in [-0.39, 0.29) is 9.76 Å². The summed E-state index contributed by atoms with van der Waals surface area (Å²) >= 11 is 0. The molecule has 0 aromatic rings. The Morgan fingerprint density at radius 1 is 1.36 bits per heavy atom. The Morgan fingerprint density at radius 3 is 2.36 bits per heavy atom. The van der Waals surface area contributed by atoms with E-state index in [1.165, 1.54) is 0 Å². The van der Waals surface area contributed by atoms with Gasteiger partial charge in [0.05, 0.1) is 0 Å². The lowest BCUT2D eigenvalue weighted by Crippen LogP contribution is -2.18. The van der Waals surface area contributed by atoms with E-state index in [2.05, 4.69) is 13.4 Å². The quantitative estimate of drug-likeness (QED) is 0.510. The van der Waals surface area contributed by atoms with Crippen LogP contribution in [0.25, 0.3) is 0 Å². The minimum absolute atomic E-state index is 0.105. The molecule has 1 fully saturated rings. The second-order valence-electron chi connectivity index (χ2n) is 1.35. The average Bonchev–Trinajstić information content (AvgIpc) is 1.85. The maximum Gasteiger partial charge on any atom is 0.753 e. The third-order valence-electron chi connectivity index (χ3n) is 0.692. The molecule has 1 rings (SSSR count). The Hall–Kier alpha value is 0.257. The fourth-order valence-corrected chi connectivity index (χ4v) is 2.11. The van der Waals surface area contributed by atoms with E-state index in [4.69, 9.17) is 4.43 Å². The summed E-state index contributed by atoms with van der Waals surface area (Å²) in [5.74, 6) is 0. The minimum Gasteiger partial charge on any atom is -0.366 e. The van der Waals surface area contributed by atoms with Crippen molar-refractivity contribution in [2.75, 3.05) is 0 Å². The fraction of sp³-hybridized carbons (Fsp3) is 1.00. The van der Waals surface area contributed by atoms with Crippen LogP contribution in [0.2, 0.25) is 6.55 Å². The lowest BCUT2D eigenvalue weighted by molar-refractivity contribution is -0.151. The normalized spacial score (nSPS) is 32.3. The van der Waals surface area contributed by atoms with Crippen molar-refractivity contribution in [1.29, 1.82) is 0 Å². The highest BCUT2D eigenvalue weighted by molar-refractivity contribution is 7.48. The van der Waals surface area contributed by atoms with Crippen LogP contribution in [0.4, 0.5) is 0 Å². The van der Waals surface area contributed by atoms with Crippen LogP contribution in [0.3, 0.4) is 0 Å². The van der Waals surface area contributed by atoms with Gasteiger partial charge in [0.15, 0.2) is 4.31 Å². The van der Waals surface area contributed by atoms with Gasteiger partial charge in [0.1, 0.15) is 0 Å². The molecular weight excluding hydrogens is 210 g/mol. The zero-order valence-corrected chi connectivity index (χ0v) is 8.21. The second-order valence-corrected chi connectivity index (χ2v) is 3.96. The maximum atomic E-state index is 10.5. The van der Waals surface area contributed by atoms with Crippen molar-refractivity contribution in [2.24, 2.45) is 0 Å². The van der Waals surface area contributed by atoms with Gasteiger partial charge in [0.25, 0.3) is 0 Å². The third kappa shape index (κ3) is 3.00.